The van der Waals surface area contributed by atoms with Crippen molar-refractivity contribution in [3.8, 4) is 0 Å². The normalized spacial score (nSPS) is 33.8. The van der Waals surface area contributed by atoms with Gasteiger partial charge in [-0.3, -0.25) is 0 Å². The molecule has 0 heterocycles. The first kappa shape index (κ1) is 7.76. The Kier molecular flexibility index (Phi) is 2.90. The molecule has 0 aromatic carbocycles. The Morgan fingerprint density at radius 3 is 2.80 bits per heavy atom. The van der Waals surface area contributed by atoms with Gasteiger partial charge in [0.2, 0.25) is 0 Å². The van der Waals surface area contributed by atoms with Gasteiger partial charge in [0.15, 0.2) is 0 Å². The Labute approximate surface area is 61.5 Å². The number of rotatable bonds is 1. The molecule has 0 aromatic rings. The number of aliphatic hydroxyl groups excluding tert-OH is 1. The van der Waals surface area contributed by atoms with E-state index in [2.05, 4.69) is 6.08 Å². The SMILES string of the molecule is COC1CC=CCC(O)C1. The van der Waals surface area contributed by atoms with Crippen molar-refractivity contribution in [3.05, 3.63) is 12.2 Å². The summed E-state index contributed by atoms with van der Waals surface area (Å²) < 4.78 is 5.13. The maximum atomic E-state index is 9.26. The van der Waals surface area contributed by atoms with Gasteiger partial charge in [-0.1, -0.05) is 12.2 Å². The molecule has 58 valence electrons. The van der Waals surface area contributed by atoms with Gasteiger partial charge in [-0.05, 0) is 12.8 Å². The molecule has 2 heteroatoms. The van der Waals surface area contributed by atoms with Gasteiger partial charge in [-0.2, -0.15) is 0 Å². The Balaban J connectivity index is 2.40. The summed E-state index contributed by atoms with van der Waals surface area (Å²) in [6.45, 7) is 0. The fourth-order valence-electron chi connectivity index (χ4n) is 1.19. The summed E-state index contributed by atoms with van der Waals surface area (Å²) in [6.07, 6.45) is 6.59. The lowest BCUT2D eigenvalue weighted by molar-refractivity contribution is 0.0516. The number of methoxy groups -OCH3 is 1. The zero-order valence-corrected chi connectivity index (χ0v) is 6.29. The van der Waals surface area contributed by atoms with E-state index in [1.807, 2.05) is 6.08 Å². The molecule has 0 saturated heterocycles. The highest BCUT2D eigenvalue weighted by molar-refractivity contribution is 4.91. The van der Waals surface area contributed by atoms with E-state index in [1.165, 1.54) is 0 Å². The lowest BCUT2D eigenvalue weighted by Crippen LogP contribution is -2.16. The quantitative estimate of drug-likeness (QED) is 0.555. The molecule has 2 nitrogen and oxygen atoms in total. The Morgan fingerprint density at radius 1 is 1.40 bits per heavy atom. The number of hydrogen-bond acceptors (Lipinski definition) is 2. The third-order valence-electron chi connectivity index (χ3n) is 1.84. The average molecular weight is 142 g/mol. The van der Waals surface area contributed by atoms with Crippen LogP contribution in [0.4, 0.5) is 0 Å². The molecule has 0 amide bonds. The molecule has 1 rings (SSSR count). The molecule has 0 fully saturated rings. The molecule has 0 aliphatic heterocycles. The fraction of sp³-hybridized carbons (Fsp3) is 0.750. The monoisotopic (exact) mass is 142 g/mol. The van der Waals surface area contributed by atoms with Crippen LogP contribution in [0.2, 0.25) is 0 Å². The van der Waals surface area contributed by atoms with Crippen molar-refractivity contribution in [1.29, 1.82) is 0 Å². The van der Waals surface area contributed by atoms with Crippen LogP contribution >= 0.6 is 0 Å². The Hall–Kier alpha value is -0.340. The van der Waals surface area contributed by atoms with Crippen molar-refractivity contribution in [2.75, 3.05) is 7.11 Å². The summed E-state index contributed by atoms with van der Waals surface area (Å²) in [4.78, 5) is 0. The van der Waals surface area contributed by atoms with E-state index in [0.717, 1.165) is 19.3 Å². The van der Waals surface area contributed by atoms with Gasteiger partial charge >= 0.3 is 0 Å². The minimum atomic E-state index is -0.205. The Morgan fingerprint density at radius 2 is 2.10 bits per heavy atom. The lowest BCUT2D eigenvalue weighted by Gasteiger charge is -2.13. The second-order valence-electron chi connectivity index (χ2n) is 2.69. The third-order valence-corrected chi connectivity index (χ3v) is 1.84. The standard InChI is InChI=1S/C8H14O2/c1-10-8-5-3-2-4-7(9)6-8/h2-3,7-9H,4-6H2,1H3. The van der Waals surface area contributed by atoms with Crippen LogP contribution in [-0.2, 0) is 4.74 Å². The van der Waals surface area contributed by atoms with Gasteiger partial charge in [0.25, 0.3) is 0 Å². The molecule has 0 spiro atoms. The summed E-state index contributed by atoms with van der Waals surface area (Å²) in [6, 6.07) is 0. The molecule has 1 N–H and O–H groups in total. The van der Waals surface area contributed by atoms with Gasteiger partial charge in [0.05, 0.1) is 12.2 Å². The maximum Gasteiger partial charge on any atom is 0.0630 e. The first-order valence-electron chi connectivity index (χ1n) is 3.68. The zero-order chi connectivity index (χ0) is 7.40. The number of ether oxygens (including phenoxy) is 1. The van der Waals surface area contributed by atoms with Crippen LogP contribution < -0.4 is 0 Å². The minimum Gasteiger partial charge on any atom is -0.393 e. The highest BCUT2D eigenvalue weighted by atomic mass is 16.5. The number of aliphatic hydroxyl groups is 1. The zero-order valence-electron chi connectivity index (χ0n) is 6.29. The third kappa shape index (κ3) is 2.12. The van der Waals surface area contributed by atoms with Gasteiger partial charge in [0.1, 0.15) is 0 Å². The summed E-state index contributed by atoms with van der Waals surface area (Å²) in [5.74, 6) is 0. The predicted molar refractivity (Wildman–Crippen MR) is 39.8 cm³/mol. The second kappa shape index (κ2) is 3.74. The molecular formula is C8H14O2. The summed E-state index contributed by atoms with van der Waals surface area (Å²) in [5, 5.41) is 9.26. The second-order valence-corrected chi connectivity index (χ2v) is 2.69. The van der Waals surface area contributed by atoms with E-state index in [9.17, 15) is 5.11 Å². The summed E-state index contributed by atoms with van der Waals surface area (Å²) in [5.41, 5.74) is 0. The van der Waals surface area contributed by atoms with E-state index in [-0.39, 0.29) is 12.2 Å². The highest BCUT2D eigenvalue weighted by Crippen LogP contribution is 2.14. The summed E-state index contributed by atoms with van der Waals surface area (Å²) in [7, 11) is 1.69. The van der Waals surface area contributed by atoms with Crippen molar-refractivity contribution < 1.29 is 9.84 Å². The molecule has 2 unspecified atom stereocenters. The molecule has 1 aliphatic rings. The molecular weight excluding hydrogens is 128 g/mol. The van der Waals surface area contributed by atoms with E-state index < -0.39 is 0 Å². The molecule has 0 radical (unpaired) electrons. The van der Waals surface area contributed by atoms with Crippen molar-refractivity contribution in [2.45, 2.75) is 31.5 Å². The van der Waals surface area contributed by atoms with Crippen LogP contribution in [0.15, 0.2) is 12.2 Å². The molecule has 0 aromatic heterocycles. The van der Waals surface area contributed by atoms with Crippen molar-refractivity contribution in [2.24, 2.45) is 0 Å². The van der Waals surface area contributed by atoms with Crippen LogP contribution in [0.5, 0.6) is 0 Å². The number of hydrogen-bond donors (Lipinski definition) is 1. The lowest BCUT2D eigenvalue weighted by atomic mass is 10.1. The first-order valence-corrected chi connectivity index (χ1v) is 3.68. The minimum absolute atomic E-state index is 0.205. The van der Waals surface area contributed by atoms with Crippen LogP contribution in [0.25, 0.3) is 0 Å². The van der Waals surface area contributed by atoms with E-state index in [0.29, 0.717) is 0 Å². The van der Waals surface area contributed by atoms with Crippen LogP contribution in [0.1, 0.15) is 19.3 Å². The predicted octanol–water partition coefficient (Wildman–Crippen LogP) is 1.10. The van der Waals surface area contributed by atoms with Gasteiger partial charge in [-0.15, -0.1) is 0 Å². The summed E-state index contributed by atoms with van der Waals surface area (Å²) >= 11 is 0. The van der Waals surface area contributed by atoms with Crippen LogP contribution in [-0.4, -0.2) is 24.4 Å². The highest BCUT2D eigenvalue weighted by Gasteiger charge is 2.13. The average Bonchev–Trinajstić information content (AvgIpc) is 2.13. The molecule has 0 bridgehead atoms. The fourth-order valence-corrected chi connectivity index (χ4v) is 1.19. The molecule has 1 aliphatic carbocycles. The van der Waals surface area contributed by atoms with Crippen molar-refractivity contribution >= 4 is 0 Å². The van der Waals surface area contributed by atoms with E-state index >= 15 is 0 Å². The first-order chi connectivity index (χ1) is 4.83. The maximum absolute atomic E-state index is 9.26. The Bertz CT molecular complexity index is 120. The van der Waals surface area contributed by atoms with Crippen LogP contribution in [0, 0.1) is 0 Å². The van der Waals surface area contributed by atoms with E-state index in [1.54, 1.807) is 7.11 Å². The molecule has 0 saturated carbocycles. The van der Waals surface area contributed by atoms with Crippen LogP contribution in [0.3, 0.4) is 0 Å². The molecule has 10 heavy (non-hydrogen) atoms. The topological polar surface area (TPSA) is 29.5 Å². The van der Waals surface area contributed by atoms with Gasteiger partial charge < -0.3 is 9.84 Å². The van der Waals surface area contributed by atoms with Gasteiger partial charge in [-0.25, -0.2) is 0 Å². The van der Waals surface area contributed by atoms with Crippen molar-refractivity contribution in [3.63, 3.8) is 0 Å². The van der Waals surface area contributed by atoms with E-state index in [4.69, 9.17) is 4.74 Å². The van der Waals surface area contributed by atoms with Crippen molar-refractivity contribution in [1.82, 2.24) is 0 Å². The molecule has 2 atom stereocenters. The van der Waals surface area contributed by atoms with Gasteiger partial charge in [0, 0.05) is 13.5 Å². The largest absolute Gasteiger partial charge is 0.393 e. The smallest absolute Gasteiger partial charge is 0.0630 e.